The van der Waals surface area contributed by atoms with E-state index in [0.29, 0.717) is 27.5 Å². The lowest BCUT2D eigenvalue weighted by Gasteiger charge is -2.33. The van der Waals surface area contributed by atoms with E-state index in [1.54, 1.807) is 19.6 Å². The molecule has 1 aliphatic rings. The van der Waals surface area contributed by atoms with Gasteiger partial charge in [0.2, 0.25) is 0 Å². The number of benzene rings is 3. The number of aliphatic carboxylic acids is 2. The predicted octanol–water partition coefficient (Wildman–Crippen LogP) is -0.105. The number of amides is 3. The summed E-state index contributed by atoms with van der Waals surface area (Å²) in [5, 5.41) is 40.0. The van der Waals surface area contributed by atoms with Crippen molar-refractivity contribution in [2.24, 2.45) is 5.84 Å². The lowest BCUT2D eigenvalue weighted by molar-refractivity contribution is -0.140. The zero-order valence-corrected chi connectivity index (χ0v) is 32.8. The maximum atomic E-state index is 14.3. The maximum Gasteiger partial charge on any atom is 0.317 e. The molecule has 2 aromatic heterocycles. The number of aliphatic hydroxyl groups excluding tert-OH is 1. The summed E-state index contributed by atoms with van der Waals surface area (Å²) in [4.78, 5) is 77.7. The number of hydrazine groups is 2. The van der Waals surface area contributed by atoms with E-state index in [9.17, 15) is 44.4 Å². The van der Waals surface area contributed by atoms with E-state index in [4.69, 9.17) is 5.84 Å². The Labute approximate surface area is 344 Å². The summed E-state index contributed by atoms with van der Waals surface area (Å²) in [5.74, 6) is 1.10. The molecule has 1 atom stereocenters. The van der Waals surface area contributed by atoms with Crippen molar-refractivity contribution in [2.75, 3.05) is 78.5 Å². The van der Waals surface area contributed by atoms with E-state index < -0.39 is 41.9 Å². The third kappa shape index (κ3) is 10.9. The van der Waals surface area contributed by atoms with Gasteiger partial charge in [-0.2, -0.15) is 0 Å². The van der Waals surface area contributed by atoms with Crippen LogP contribution in [-0.4, -0.2) is 164 Å². The molecule has 1 unspecified atom stereocenters. The van der Waals surface area contributed by atoms with Gasteiger partial charge in [-0.3, -0.25) is 59.8 Å². The van der Waals surface area contributed by atoms with E-state index in [1.165, 1.54) is 0 Å². The van der Waals surface area contributed by atoms with Crippen LogP contribution in [0.2, 0.25) is 0 Å². The highest BCUT2D eigenvalue weighted by Crippen LogP contribution is 2.43. The average Bonchev–Trinajstić information content (AvgIpc) is 3.80. The van der Waals surface area contributed by atoms with E-state index in [0.717, 1.165) is 10.9 Å². The second-order valence-electron chi connectivity index (χ2n) is 14.6. The number of nitrogens with one attached hydrogen (secondary N) is 5. The van der Waals surface area contributed by atoms with Crippen LogP contribution in [0.3, 0.4) is 0 Å². The van der Waals surface area contributed by atoms with Crippen molar-refractivity contribution >= 4 is 51.5 Å². The topological polar surface area (TPSA) is 273 Å². The van der Waals surface area contributed by atoms with E-state index in [-0.39, 0.29) is 89.9 Å². The number of aliphatic hydroxyl groups is 2. The fraction of sp³-hybridized carbons (Fsp3) is 0.341. The summed E-state index contributed by atoms with van der Waals surface area (Å²) in [6, 6.07) is 24.2. The van der Waals surface area contributed by atoms with Crippen LogP contribution < -0.4 is 22.1 Å². The molecule has 318 valence electrons. The standard InChI is InChI=1S/C41H50N10O9/c42-45-40(59)38-36(27-10-4-6-12-29(27)43-38)35(26-8-2-1-3-9-26)37-28-11-5-7-13-30(28)44-39(37)41(60)47-46-31(52)22-48-14-16-49(23-32(53)54)18-20-51(25-34(57)58)21-19-50(17-15-48)24-33(55)56/h1-13,32,35,43-44,53-54H,14-25,42H2,(H,45,59)(H,46,52)(H,47,60)(H,55,56)(H,57,58). The molecule has 3 heterocycles. The second-order valence-corrected chi connectivity index (χ2v) is 14.6. The Kier molecular flexibility index (Phi) is 14.6. The molecule has 19 nitrogen and oxygen atoms in total. The van der Waals surface area contributed by atoms with Gasteiger partial charge in [-0.05, 0) is 17.7 Å². The van der Waals surface area contributed by atoms with Crippen molar-refractivity contribution < 1.29 is 44.4 Å². The number of fused-ring (bicyclic) bond motifs is 2. The Morgan fingerprint density at radius 1 is 0.583 bits per heavy atom. The van der Waals surface area contributed by atoms with Crippen molar-refractivity contribution in [3.05, 3.63) is 107 Å². The Morgan fingerprint density at radius 3 is 1.48 bits per heavy atom. The van der Waals surface area contributed by atoms with Crippen LogP contribution in [0.4, 0.5) is 0 Å². The molecule has 0 bridgehead atoms. The first-order chi connectivity index (χ1) is 28.9. The number of nitrogens with zero attached hydrogens (tertiary/aromatic N) is 4. The number of nitrogen functional groups attached to an aromatic ring is 1. The van der Waals surface area contributed by atoms with Gasteiger partial charge < -0.3 is 30.4 Å². The minimum absolute atomic E-state index is 0.115. The number of rotatable bonds is 13. The van der Waals surface area contributed by atoms with Crippen molar-refractivity contribution in [1.29, 1.82) is 0 Å². The number of carbonyl (C=O) groups is 5. The van der Waals surface area contributed by atoms with E-state index in [1.807, 2.05) is 78.9 Å². The van der Waals surface area contributed by atoms with Crippen LogP contribution in [-0.2, 0) is 14.4 Å². The van der Waals surface area contributed by atoms with Crippen LogP contribution in [0, 0.1) is 0 Å². The lowest BCUT2D eigenvalue weighted by Crippen LogP contribution is -2.51. The summed E-state index contributed by atoms with van der Waals surface area (Å²) in [5.41, 5.74) is 10.9. The quantitative estimate of drug-likeness (QED) is 0.0322. The summed E-state index contributed by atoms with van der Waals surface area (Å²) in [6.07, 6.45) is -1.65. The summed E-state index contributed by atoms with van der Waals surface area (Å²) in [7, 11) is 0. The van der Waals surface area contributed by atoms with Crippen LogP contribution >= 0.6 is 0 Å². The van der Waals surface area contributed by atoms with Crippen LogP contribution in [0.25, 0.3) is 21.8 Å². The van der Waals surface area contributed by atoms with Crippen molar-refractivity contribution in [2.45, 2.75) is 12.2 Å². The molecule has 1 fully saturated rings. The third-order valence-corrected chi connectivity index (χ3v) is 10.5. The highest BCUT2D eigenvalue weighted by molar-refractivity contribution is 6.05. The molecule has 1 aliphatic heterocycles. The smallest absolute Gasteiger partial charge is 0.317 e. The van der Waals surface area contributed by atoms with Gasteiger partial charge in [0.1, 0.15) is 11.4 Å². The monoisotopic (exact) mass is 826 g/mol. The first-order valence-corrected chi connectivity index (χ1v) is 19.5. The molecule has 6 rings (SSSR count). The van der Waals surface area contributed by atoms with Gasteiger partial charge in [-0.1, -0.05) is 66.7 Å². The van der Waals surface area contributed by atoms with Gasteiger partial charge in [0.05, 0.1) is 19.6 Å². The Hall–Kier alpha value is -6.19. The summed E-state index contributed by atoms with van der Waals surface area (Å²) >= 11 is 0. The van der Waals surface area contributed by atoms with Gasteiger partial charge in [0, 0.05) is 97.8 Å². The largest absolute Gasteiger partial charge is 0.480 e. The molecular weight excluding hydrogens is 777 g/mol. The molecule has 0 radical (unpaired) electrons. The SMILES string of the molecule is NNC(=O)c1[nH]c2ccccc2c1C(c1ccccc1)c1c(C(=O)NNC(=O)CN2CCN(CC(=O)O)CCN(CC(=O)O)CCN(CC(O)O)CC2)[nH]c2ccccc12. The number of β-amino-alcohol motifs (C(OH)–C–C–N with tert-alkyl or cyclic N) is 2. The molecule has 1 saturated heterocycles. The molecule has 19 heteroatoms. The van der Waals surface area contributed by atoms with Crippen LogP contribution in [0.5, 0.6) is 0 Å². The number of aromatic amines is 2. The predicted molar refractivity (Wildman–Crippen MR) is 221 cm³/mol. The summed E-state index contributed by atoms with van der Waals surface area (Å²) in [6.45, 7) is 1.15. The van der Waals surface area contributed by atoms with Crippen molar-refractivity contribution in [3.63, 3.8) is 0 Å². The number of hydrogen-bond donors (Lipinski definition) is 10. The highest BCUT2D eigenvalue weighted by Gasteiger charge is 2.33. The number of carboxylic acids is 2. The molecule has 3 amide bonds. The van der Waals surface area contributed by atoms with E-state index in [2.05, 4.69) is 26.2 Å². The normalized spacial score (nSPS) is 15.9. The number of hydrogen-bond acceptors (Lipinski definition) is 12. The number of para-hydroxylation sites is 2. The van der Waals surface area contributed by atoms with Crippen LogP contribution in [0.15, 0.2) is 78.9 Å². The molecule has 5 aromatic rings. The number of carboxylic acid groups (broad SMARTS) is 2. The van der Waals surface area contributed by atoms with Crippen molar-refractivity contribution in [1.82, 2.24) is 45.8 Å². The molecule has 11 N–H and O–H groups in total. The minimum Gasteiger partial charge on any atom is -0.480 e. The number of carbonyl (C=O) groups excluding carboxylic acids is 3. The highest BCUT2D eigenvalue weighted by atomic mass is 16.5. The molecule has 60 heavy (non-hydrogen) atoms. The minimum atomic E-state index is -1.65. The van der Waals surface area contributed by atoms with Gasteiger partial charge in [0.25, 0.3) is 17.7 Å². The van der Waals surface area contributed by atoms with Crippen LogP contribution in [0.1, 0.15) is 43.6 Å². The fourth-order valence-corrected chi connectivity index (χ4v) is 7.76. The Morgan fingerprint density at radius 2 is 1.02 bits per heavy atom. The average molecular weight is 827 g/mol. The molecule has 0 aliphatic carbocycles. The summed E-state index contributed by atoms with van der Waals surface area (Å²) < 4.78 is 0. The zero-order chi connectivity index (χ0) is 42.8. The Balaban J connectivity index is 1.27. The van der Waals surface area contributed by atoms with Gasteiger partial charge in [-0.15, -0.1) is 0 Å². The third-order valence-electron chi connectivity index (χ3n) is 10.5. The second kappa shape index (κ2) is 20.2. The van der Waals surface area contributed by atoms with E-state index >= 15 is 0 Å². The number of nitrogens with two attached hydrogens (primary N) is 1. The zero-order valence-electron chi connectivity index (χ0n) is 32.8. The fourth-order valence-electron chi connectivity index (χ4n) is 7.76. The lowest BCUT2D eigenvalue weighted by atomic mass is 9.81. The molecular formula is C41H50N10O9. The maximum absolute atomic E-state index is 14.3. The number of aromatic nitrogens is 2. The first-order valence-electron chi connectivity index (χ1n) is 19.5. The van der Waals surface area contributed by atoms with Gasteiger partial charge in [-0.25, -0.2) is 5.84 Å². The van der Waals surface area contributed by atoms with Gasteiger partial charge in [0.15, 0.2) is 6.29 Å². The molecule has 0 saturated carbocycles. The molecule has 3 aromatic carbocycles. The van der Waals surface area contributed by atoms with Crippen molar-refractivity contribution in [3.8, 4) is 0 Å². The van der Waals surface area contributed by atoms with Gasteiger partial charge >= 0.3 is 11.9 Å². The molecule has 0 spiro atoms. The first kappa shape index (κ1) is 43.4. The Bertz CT molecular complexity index is 2300. The number of H-pyrrole nitrogens is 2.